The molecule has 2 unspecified atom stereocenters. The molecular formula is C20H18N4O4. The van der Waals surface area contributed by atoms with Gasteiger partial charge >= 0.3 is 0 Å². The maximum absolute atomic E-state index is 12.4. The number of carbonyl (C=O) groups is 2. The first-order chi connectivity index (χ1) is 13.6. The molecule has 142 valence electrons. The summed E-state index contributed by atoms with van der Waals surface area (Å²) in [6, 6.07) is 15.6. The number of hydrogen-bond donors (Lipinski definition) is 2. The predicted molar refractivity (Wildman–Crippen MR) is 104 cm³/mol. The zero-order valence-corrected chi connectivity index (χ0v) is 14.8. The Kier molecular flexibility index (Phi) is 5.91. The van der Waals surface area contributed by atoms with Crippen LogP contribution in [0.25, 0.3) is 6.08 Å². The highest BCUT2D eigenvalue weighted by Gasteiger charge is 2.40. The van der Waals surface area contributed by atoms with Crippen LogP contribution in [-0.4, -0.2) is 29.5 Å². The van der Waals surface area contributed by atoms with Gasteiger partial charge in [0.15, 0.2) is 0 Å². The number of rotatable bonds is 6. The summed E-state index contributed by atoms with van der Waals surface area (Å²) < 4.78 is 0. The average molecular weight is 378 g/mol. The molecule has 1 aliphatic heterocycles. The molecule has 2 N–H and O–H groups in total. The summed E-state index contributed by atoms with van der Waals surface area (Å²) in [6.45, 7) is 0.391. The number of benzene rings is 2. The van der Waals surface area contributed by atoms with E-state index in [1.807, 2.05) is 30.3 Å². The Balaban J connectivity index is 1.63. The van der Waals surface area contributed by atoms with E-state index in [9.17, 15) is 19.7 Å². The van der Waals surface area contributed by atoms with Crippen LogP contribution in [0.5, 0.6) is 0 Å². The molecule has 2 amide bonds. The van der Waals surface area contributed by atoms with Crippen molar-refractivity contribution in [3.8, 4) is 0 Å². The van der Waals surface area contributed by atoms with Gasteiger partial charge in [0.1, 0.15) is 5.92 Å². The Bertz CT molecular complexity index is 940. The molecule has 1 saturated heterocycles. The van der Waals surface area contributed by atoms with E-state index in [0.29, 0.717) is 12.1 Å². The fourth-order valence-corrected chi connectivity index (χ4v) is 3.09. The highest BCUT2D eigenvalue weighted by Crippen LogP contribution is 2.29. The van der Waals surface area contributed by atoms with Crippen molar-refractivity contribution >= 4 is 29.8 Å². The number of carbonyl (C=O) groups excluding carboxylic acids is 2. The summed E-state index contributed by atoms with van der Waals surface area (Å²) in [6.07, 6.45) is 4.30. The fraction of sp³-hybridized carbons (Fsp3) is 0.150. The zero-order chi connectivity index (χ0) is 19.9. The lowest BCUT2D eigenvalue weighted by Crippen LogP contribution is -2.34. The molecule has 1 aliphatic rings. The van der Waals surface area contributed by atoms with Crippen LogP contribution in [0.15, 0.2) is 65.8 Å². The molecule has 0 aromatic heterocycles. The molecule has 0 radical (unpaired) electrons. The lowest BCUT2D eigenvalue weighted by atomic mass is 9.88. The average Bonchev–Trinajstić information content (AvgIpc) is 3.10. The molecule has 28 heavy (non-hydrogen) atoms. The van der Waals surface area contributed by atoms with Gasteiger partial charge in [-0.05, 0) is 23.8 Å². The van der Waals surface area contributed by atoms with Gasteiger partial charge in [-0.3, -0.25) is 19.7 Å². The highest BCUT2D eigenvalue weighted by molar-refractivity contribution is 6.03. The van der Waals surface area contributed by atoms with Crippen LogP contribution in [0.4, 0.5) is 5.69 Å². The second-order valence-electron chi connectivity index (χ2n) is 6.17. The number of para-hydroxylation sites is 1. The molecule has 2 atom stereocenters. The van der Waals surface area contributed by atoms with Crippen LogP contribution in [-0.2, 0) is 9.59 Å². The van der Waals surface area contributed by atoms with E-state index in [1.165, 1.54) is 24.4 Å². The summed E-state index contributed by atoms with van der Waals surface area (Å²) in [5.74, 6) is -1.96. The number of nitrogens with one attached hydrogen (secondary N) is 2. The first-order valence-corrected chi connectivity index (χ1v) is 8.63. The van der Waals surface area contributed by atoms with Crippen molar-refractivity contribution in [2.75, 3.05) is 6.54 Å². The second kappa shape index (κ2) is 8.72. The van der Waals surface area contributed by atoms with Crippen molar-refractivity contribution in [2.24, 2.45) is 11.0 Å². The van der Waals surface area contributed by atoms with Gasteiger partial charge in [-0.15, -0.1) is 0 Å². The van der Waals surface area contributed by atoms with Gasteiger partial charge in [0.05, 0.1) is 10.5 Å². The maximum atomic E-state index is 12.4. The van der Waals surface area contributed by atoms with Gasteiger partial charge in [-0.25, -0.2) is 5.43 Å². The van der Waals surface area contributed by atoms with Crippen molar-refractivity contribution in [1.29, 1.82) is 0 Å². The minimum absolute atomic E-state index is 0.0236. The fourth-order valence-electron chi connectivity index (χ4n) is 3.09. The van der Waals surface area contributed by atoms with Crippen LogP contribution < -0.4 is 10.7 Å². The molecule has 3 rings (SSSR count). The molecule has 0 spiro atoms. The smallest absolute Gasteiger partial charge is 0.276 e. The molecule has 2 aromatic carbocycles. The number of hydrogen-bond acceptors (Lipinski definition) is 5. The first kappa shape index (κ1) is 19.0. The van der Waals surface area contributed by atoms with Gasteiger partial charge in [0.2, 0.25) is 5.91 Å². The highest BCUT2D eigenvalue weighted by atomic mass is 16.6. The monoisotopic (exact) mass is 378 g/mol. The van der Waals surface area contributed by atoms with E-state index in [0.717, 1.165) is 5.56 Å². The predicted octanol–water partition coefficient (Wildman–Crippen LogP) is 2.24. The van der Waals surface area contributed by atoms with Crippen molar-refractivity contribution in [3.05, 3.63) is 81.9 Å². The van der Waals surface area contributed by atoms with Crippen LogP contribution in [0.3, 0.4) is 0 Å². The lowest BCUT2D eigenvalue weighted by molar-refractivity contribution is -0.385. The molecule has 0 saturated carbocycles. The van der Waals surface area contributed by atoms with Gasteiger partial charge in [0.25, 0.3) is 11.6 Å². The van der Waals surface area contributed by atoms with Crippen LogP contribution >= 0.6 is 0 Å². The quantitative estimate of drug-likeness (QED) is 0.347. The van der Waals surface area contributed by atoms with Crippen molar-refractivity contribution in [1.82, 2.24) is 10.7 Å². The summed E-state index contributed by atoms with van der Waals surface area (Å²) in [7, 11) is 0. The Labute approximate surface area is 161 Å². The topological polar surface area (TPSA) is 114 Å². The second-order valence-corrected chi connectivity index (χ2v) is 6.17. The third kappa shape index (κ3) is 4.29. The van der Waals surface area contributed by atoms with Crippen molar-refractivity contribution < 1.29 is 14.5 Å². The Hall–Kier alpha value is -3.81. The van der Waals surface area contributed by atoms with E-state index >= 15 is 0 Å². The number of nitro benzene ring substituents is 1. The van der Waals surface area contributed by atoms with Gasteiger partial charge in [-0.1, -0.05) is 42.5 Å². The van der Waals surface area contributed by atoms with E-state index in [4.69, 9.17) is 0 Å². The number of hydrazone groups is 1. The third-order valence-corrected chi connectivity index (χ3v) is 4.44. The van der Waals surface area contributed by atoms with Crippen LogP contribution in [0, 0.1) is 16.0 Å². The molecule has 0 aliphatic carbocycles. The summed E-state index contributed by atoms with van der Waals surface area (Å²) in [5.41, 5.74) is 3.66. The Morgan fingerprint density at radius 3 is 2.64 bits per heavy atom. The molecule has 1 fully saturated rings. The first-order valence-electron chi connectivity index (χ1n) is 8.63. The number of nitrogens with zero attached hydrogens (tertiary/aromatic N) is 2. The number of amides is 2. The molecule has 8 heteroatoms. The maximum Gasteiger partial charge on any atom is 0.276 e. The molecular weight excluding hydrogens is 360 g/mol. The Morgan fingerprint density at radius 1 is 1.18 bits per heavy atom. The van der Waals surface area contributed by atoms with E-state index in [2.05, 4.69) is 15.8 Å². The van der Waals surface area contributed by atoms with Crippen molar-refractivity contribution in [2.45, 2.75) is 5.92 Å². The molecule has 2 aromatic rings. The molecule has 8 nitrogen and oxygen atoms in total. The largest absolute Gasteiger partial charge is 0.355 e. The number of nitro groups is 1. The zero-order valence-electron chi connectivity index (χ0n) is 14.8. The summed E-state index contributed by atoms with van der Waals surface area (Å²) in [4.78, 5) is 35.0. The minimum Gasteiger partial charge on any atom is -0.355 e. The molecule has 1 heterocycles. The van der Waals surface area contributed by atoms with Gasteiger partial charge in [0, 0.05) is 24.7 Å². The lowest BCUT2D eigenvalue weighted by Gasteiger charge is -2.15. The van der Waals surface area contributed by atoms with Gasteiger partial charge < -0.3 is 5.32 Å². The molecule has 0 bridgehead atoms. The minimum atomic E-state index is -0.862. The van der Waals surface area contributed by atoms with E-state index < -0.39 is 16.7 Å². The SMILES string of the molecule is O=C1NCC(c2ccccc2)C1C(=O)N/N=C/C=C/c1ccccc1[N+](=O)[O-]. The van der Waals surface area contributed by atoms with E-state index in [-0.39, 0.29) is 17.5 Å². The summed E-state index contributed by atoms with van der Waals surface area (Å²) >= 11 is 0. The third-order valence-electron chi connectivity index (χ3n) is 4.44. The van der Waals surface area contributed by atoms with Crippen LogP contribution in [0.2, 0.25) is 0 Å². The summed E-state index contributed by atoms with van der Waals surface area (Å²) in [5, 5.41) is 17.5. The van der Waals surface area contributed by atoms with Crippen molar-refractivity contribution in [3.63, 3.8) is 0 Å². The van der Waals surface area contributed by atoms with E-state index in [1.54, 1.807) is 18.2 Å². The van der Waals surface area contributed by atoms with Crippen LogP contribution in [0.1, 0.15) is 17.0 Å². The standard InChI is InChI=1S/C20H18N4O4/c25-19-18(16(13-21-19)14-7-2-1-3-8-14)20(26)23-22-12-6-10-15-9-4-5-11-17(15)24(27)28/h1-12,16,18H,13H2,(H,21,25)(H,23,26)/b10-6+,22-12+. The normalized spacial score (nSPS) is 19.1. The Morgan fingerprint density at radius 2 is 1.89 bits per heavy atom. The van der Waals surface area contributed by atoms with Gasteiger partial charge in [-0.2, -0.15) is 5.10 Å². The number of allylic oxidation sites excluding steroid dienone is 1.